The molecule has 0 saturated carbocycles. The second kappa shape index (κ2) is 7.78. The van der Waals surface area contributed by atoms with Crippen LogP contribution in [0.2, 0.25) is 0 Å². The summed E-state index contributed by atoms with van der Waals surface area (Å²) in [6.07, 6.45) is 3.39. The highest BCUT2D eigenvalue weighted by Gasteiger charge is 2.02. The molecule has 1 aromatic rings. The number of hydrogen-bond acceptors (Lipinski definition) is 3. The fourth-order valence-corrected chi connectivity index (χ4v) is 1.39. The van der Waals surface area contributed by atoms with Crippen molar-refractivity contribution in [1.82, 2.24) is 10.9 Å². The SMILES string of the molecule is C=C(C)C(=O)Nc1ccc(/C(C)=C/NNC=NC)cc1. The molecular weight excluding hydrogens is 252 g/mol. The van der Waals surface area contributed by atoms with Gasteiger partial charge < -0.3 is 10.7 Å². The Bertz CT molecular complexity index is 529. The van der Waals surface area contributed by atoms with Crippen LogP contribution in [-0.4, -0.2) is 19.3 Å². The largest absolute Gasteiger partial charge is 0.322 e. The van der Waals surface area contributed by atoms with Crippen molar-refractivity contribution in [2.24, 2.45) is 4.99 Å². The number of carbonyl (C=O) groups excluding carboxylic acids is 1. The third-order valence-corrected chi connectivity index (χ3v) is 2.55. The number of rotatable bonds is 6. The first kappa shape index (κ1) is 15.5. The molecule has 0 spiro atoms. The van der Waals surface area contributed by atoms with Crippen molar-refractivity contribution < 1.29 is 4.79 Å². The van der Waals surface area contributed by atoms with E-state index in [1.165, 1.54) is 0 Å². The zero-order valence-electron chi connectivity index (χ0n) is 12.0. The number of anilines is 1. The molecular formula is C15H20N4O. The van der Waals surface area contributed by atoms with E-state index in [9.17, 15) is 4.79 Å². The van der Waals surface area contributed by atoms with Crippen LogP contribution in [0.5, 0.6) is 0 Å². The zero-order valence-corrected chi connectivity index (χ0v) is 12.0. The van der Waals surface area contributed by atoms with Gasteiger partial charge in [0, 0.05) is 24.5 Å². The number of benzene rings is 1. The Morgan fingerprint density at radius 1 is 1.20 bits per heavy atom. The normalized spacial score (nSPS) is 11.2. The number of nitrogens with zero attached hydrogens (tertiary/aromatic N) is 1. The molecule has 3 N–H and O–H groups in total. The van der Waals surface area contributed by atoms with Gasteiger partial charge in [0.15, 0.2) is 0 Å². The monoisotopic (exact) mass is 272 g/mol. The minimum atomic E-state index is -0.172. The van der Waals surface area contributed by atoms with Gasteiger partial charge in [0.2, 0.25) is 0 Å². The van der Waals surface area contributed by atoms with Crippen molar-refractivity contribution >= 4 is 23.5 Å². The second-order valence-corrected chi connectivity index (χ2v) is 4.32. The van der Waals surface area contributed by atoms with Crippen molar-refractivity contribution in [1.29, 1.82) is 0 Å². The highest BCUT2D eigenvalue weighted by molar-refractivity contribution is 6.02. The van der Waals surface area contributed by atoms with E-state index >= 15 is 0 Å². The summed E-state index contributed by atoms with van der Waals surface area (Å²) >= 11 is 0. The molecule has 1 amide bonds. The lowest BCUT2D eigenvalue weighted by molar-refractivity contribution is -0.112. The van der Waals surface area contributed by atoms with E-state index in [2.05, 4.69) is 27.7 Å². The van der Waals surface area contributed by atoms with Gasteiger partial charge in [-0.3, -0.25) is 15.2 Å². The van der Waals surface area contributed by atoms with Crippen LogP contribution in [0.4, 0.5) is 5.69 Å². The summed E-state index contributed by atoms with van der Waals surface area (Å²) in [6, 6.07) is 7.59. The van der Waals surface area contributed by atoms with Gasteiger partial charge in [-0.25, -0.2) is 0 Å². The summed E-state index contributed by atoms with van der Waals surface area (Å²) in [6.45, 7) is 7.26. The molecule has 0 aliphatic rings. The first-order chi connectivity index (χ1) is 9.54. The molecule has 5 heteroatoms. The Hall–Kier alpha value is -2.56. The molecule has 5 nitrogen and oxygen atoms in total. The third kappa shape index (κ3) is 4.97. The number of amides is 1. The summed E-state index contributed by atoms with van der Waals surface area (Å²) in [5.41, 5.74) is 9.05. The molecule has 0 fully saturated rings. The van der Waals surface area contributed by atoms with Gasteiger partial charge in [0.1, 0.15) is 6.34 Å². The highest BCUT2D eigenvalue weighted by atomic mass is 16.1. The maximum Gasteiger partial charge on any atom is 0.250 e. The smallest absolute Gasteiger partial charge is 0.250 e. The predicted octanol–water partition coefficient (Wildman–Crippen LogP) is 2.31. The van der Waals surface area contributed by atoms with Crippen LogP contribution in [0.1, 0.15) is 19.4 Å². The maximum absolute atomic E-state index is 11.5. The summed E-state index contributed by atoms with van der Waals surface area (Å²) in [7, 11) is 1.68. The van der Waals surface area contributed by atoms with Crippen molar-refractivity contribution in [3.05, 3.63) is 48.2 Å². The fraction of sp³-hybridized carbons (Fsp3) is 0.200. The van der Waals surface area contributed by atoms with E-state index in [1.54, 1.807) is 20.3 Å². The highest BCUT2D eigenvalue weighted by Crippen LogP contribution is 2.16. The molecule has 0 aliphatic carbocycles. The van der Waals surface area contributed by atoms with Crippen molar-refractivity contribution in [3.63, 3.8) is 0 Å². The van der Waals surface area contributed by atoms with Crippen LogP contribution in [0.3, 0.4) is 0 Å². The Kier molecular flexibility index (Phi) is 6.03. The van der Waals surface area contributed by atoms with Gasteiger partial charge in [-0.1, -0.05) is 18.7 Å². The van der Waals surface area contributed by atoms with E-state index < -0.39 is 0 Å². The Balaban J connectivity index is 2.66. The topological polar surface area (TPSA) is 65.5 Å². The molecule has 0 radical (unpaired) electrons. The molecule has 0 aliphatic heterocycles. The lowest BCUT2D eigenvalue weighted by Gasteiger charge is -2.07. The van der Waals surface area contributed by atoms with E-state index in [-0.39, 0.29) is 5.91 Å². The van der Waals surface area contributed by atoms with Crippen LogP contribution in [0.25, 0.3) is 5.57 Å². The number of nitrogens with one attached hydrogen (secondary N) is 3. The summed E-state index contributed by atoms with van der Waals surface area (Å²) < 4.78 is 0. The van der Waals surface area contributed by atoms with Gasteiger partial charge in [-0.05, 0) is 37.1 Å². The minimum absolute atomic E-state index is 0.172. The zero-order chi connectivity index (χ0) is 15.0. The standard InChI is InChI=1S/C15H20N4O/c1-11(2)15(20)19-14-7-5-13(6-8-14)12(3)9-17-18-10-16-4/h5-10,17H,1H2,2-4H3,(H,16,18)(H,19,20)/b12-9+. The molecule has 106 valence electrons. The van der Waals surface area contributed by atoms with Crippen molar-refractivity contribution in [3.8, 4) is 0 Å². The van der Waals surface area contributed by atoms with Gasteiger partial charge in [-0.15, -0.1) is 0 Å². The van der Waals surface area contributed by atoms with Crippen LogP contribution in [-0.2, 0) is 4.79 Å². The number of carbonyl (C=O) groups is 1. The van der Waals surface area contributed by atoms with E-state index in [0.717, 1.165) is 16.8 Å². The Morgan fingerprint density at radius 3 is 2.40 bits per heavy atom. The van der Waals surface area contributed by atoms with Crippen LogP contribution in [0, 0.1) is 0 Å². The molecule has 1 aromatic carbocycles. The average molecular weight is 272 g/mol. The lowest BCUT2D eigenvalue weighted by Crippen LogP contribution is -2.24. The molecule has 0 saturated heterocycles. The second-order valence-electron chi connectivity index (χ2n) is 4.32. The number of hydrazine groups is 1. The van der Waals surface area contributed by atoms with Crippen LogP contribution < -0.4 is 16.2 Å². The van der Waals surface area contributed by atoms with E-state index in [0.29, 0.717) is 5.57 Å². The first-order valence-electron chi connectivity index (χ1n) is 6.20. The van der Waals surface area contributed by atoms with Gasteiger partial charge >= 0.3 is 0 Å². The number of aliphatic imine (C=N–C) groups is 1. The summed E-state index contributed by atoms with van der Waals surface area (Å²) in [5.74, 6) is -0.172. The van der Waals surface area contributed by atoms with Gasteiger partial charge in [0.05, 0.1) is 0 Å². The number of allylic oxidation sites excluding steroid dienone is 1. The summed E-state index contributed by atoms with van der Waals surface area (Å²) in [5, 5.41) is 2.76. The average Bonchev–Trinajstić information content (AvgIpc) is 2.44. The lowest BCUT2D eigenvalue weighted by atomic mass is 10.1. The molecule has 0 unspecified atom stereocenters. The molecule has 1 rings (SSSR count). The Morgan fingerprint density at radius 2 is 1.85 bits per heavy atom. The molecule has 0 heterocycles. The van der Waals surface area contributed by atoms with E-state index in [1.807, 2.05) is 37.4 Å². The third-order valence-electron chi connectivity index (χ3n) is 2.55. The van der Waals surface area contributed by atoms with Crippen LogP contribution in [0.15, 0.2) is 47.6 Å². The molecule has 0 atom stereocenters. The number of hydrogen-bond donors (Lipinski definition) is 3. The van der Waals surface area contributed by atoms with Crippen molar-refractivity contribution in [2.75, 3.05) is 12.4 Å². The summed E-state index contributed by atoms with van der Waals surface area (Å²) in [4.78, 5) is 15.3. The van der Waals surface area contributed by atoms with Gasteiger partial charge in [-0.2, -0.15) is 0 Å². The molecule has 0 bridgehead atoms. The predicted molar refractivity (Wildman–Crippen MR) is 84.2 cm³/mol. The molecule has 20 heavy (non-hydrogen) atoms. The molecule has 0 aromatic heterocycles. The maximum atomic E-state index is 11.5. The quantitative estimate of drug-likeness (QED) is 0.245. The van der Waals surface area contributed by atoms with Gasteiger partial charge in [0.25, 0.3) is 5.91 Å². The van der Waals surface area contributed by atoms with E-state index in [4.69, 9.17) is 0 Å². The minimum Gasteiger partial charge on any atom is -0.322 e. The first-order valence-corrected chi connectivity index (χ1v) is 6.20. The fourth-order valence-electron chi connectivity index (χ4n) is 1.39. The Labute approximate surface area is 119 Å². The van der Waals surface area contributed by atoms with Crippen LogP contribution >= 0.6 is 0 Å². The van der Waals surface area contributed by atoms with Crippen molar-refractivity contribution in [2.45, 2.75) is 13.8 Å².